The number of carbonyl (C=O) groups excluding carboxylic acids is 1. The zero-order valence-electron chi connectivity index (χ0n) is 12.3. The Balaban J connectivity index is 2.76. The summed E-state index contributed by atoms with van der Waals surface area (Å²) in [5.74, 6) is 0. The molecule has 0 aliphatic carbocycles. The van der Waals surface area contributed by atoms with E-state index in [4.69, 9.17) is 28.5 Å². The van der Waals surface area contributed by atoms with Crippen LogP contribution in [-0.4, -0.2) is 20.9 Å². The molecular formula is C13H3Cl2F6N3OS2. The van der Waals surface area contributed by atoms with Gasteiger partial charge in [0.05, 0.1) is 20.5 Å². The fourth-order valence-corrected chi connectivity index (χ4v) is 3.93. The number of rotatable bonds is 4. The van der Waals surface area contributed by atoms with Crippen LogP contribution in [0.1, 0.15) is 11.3 Å². The highest BCUT2D eigenvalue weighted by molar-refractivity contribution is 8.12. The van der Waals surface area contributed by atoms with Gasteiger partial charge in [-0.05, 0) is 35.7 Å². The maximum absolute atomic E-state index is 12.8. The molecule has 0 N–H and O–H groups in total. The van der Waals surface area contributed by atoms with Gasteiger partial charge in [-0.25, -0.2) is 4.68 Å². The van der Waals surface area contributed by atoms with Gasteiger partial charge in [-0.1, -0.05) is 23.2 Å². The Morgan fingerprint density at radius 3 is 2.11 bits per heavy atom. The van der Waals surface area contributed by atoms with Gasteiger partial charge in [0.15, 0.2) is 11.3 Å². The molecule has 0 radical (unpaired) electrons. The Hall–Kier alpha value is -1.55. The first kappa shape index (κ1) is 21.7. The standard InChI is InChI=1S/C13H3Cl2F6N3OS2/c14-6-1-5(12(16,17)18)2-7(15)9(6)24-11(26-4-25)10(8(3-22)23-24)27-13(19,20)21/h1-2,4H. The molecule has 0 saturated heterocycles. The minimum Gasteiger partial charge on any atom is -0.291 e. The lowest BCUT2D eigenvalue weighted by molar-refractivity contribution is -0.137. The van der Waals surface area contributed by atoms with Crippen LogP contribution in [0.2, 0.25) is 10.0 Å². The summed E-state index contributed by atoms with van der Waals surface area (Å²) < 4.78 is 77.4. The van der Waals surface area contributed by atoms with Crippen LogP contribution in [0.15, 0.2) is 22.1 Å². The summed E-state index contributed by atoms with van der Waals surface area (Å²) in [6, 6.07) is 2.44. The van der Waals surface area contributed by atoms with E-state index in [1.54, 1.807) is 0 Å². The number of alkyl halides is 6. The number of carbonyl (C=O) groups is 1. The van der Waals surface area contributed by atoms with E-state index in [1.807, 2.05) is 0 Å². The molecule has 0 aliphatic rings. The van der Waals surface area contributed by atoms with Crippen molar-refractivity contribution in [2.45, 2.75) is 21.6 Å². The van der Waals surface area contributed by atoms with Crippen molar-refractivity contribution in [2.75, 3.05) is 0 Å². The smallest absolute Gasteiger partial charge is 0.291 e. The summed E-state index contributed by atoms with van der Waals surface area (Å²) >= 11 is 11.2. The normalized spacial score (nSPS) is 12.1. The monoisotopic (exact) mass is 465 g/mol. The maximum Gasteiger partial charge on any atom is 0.446 e. The molecular weight excluding hydrogens is 463 g/mol. The summed E-state index contributed by atoms with van der Waals surface area (Å²) in [5.41, 5.74) is -6.94. The van der Waals surface area contributed by atoms with Gasteiger partial charge in [-0.3, -0.25) is 4.79 Å². The van der Waals surface area contributed by atoms with E-state index in [2.05, 4.69) is 5.10 Å². The quantitative estimate of drug-likeness (QED) is 0.316. The van der Waals surface area contributed by atoms with Crippen LogP contribution < -0.4 is 0 Å². The van der Waals surface area contributed by atoms with Crippen LogP contribution in [0.5, 0.6) is 0 Å². The van der Waals surface area contributed by atoms with E-state index in [0.717, 1.165) is 0 Å². The summed E-state index contributed by atoms with van der Waals surface area (Å²) in [4.78, 5) is 10.2. The van der Waals surface area contributed by atoms with Gasteiger partial charge in [-0.2, -0.15) is 36.7 Å². The van der Waals surface area contributed by atoms with Crippen molar-refractivity contribution in [3.8, 4) is 11.8 Å². The van der Waals surface area contributed by atoms with E-state index in [0.29, 0.717) is 16.8 Å². The highest BCUT2D eigenvalue weighted by Gasteiger charge is 2.36. The third kappa shape index (κ3) is 4.84. The molecule has 144 valence electrons. The Bertz CT molecular complexity index is 913. The number of aromatic nitrogens is 2. The maximum atomic E-state index is 12.8. The van der Waals surface area contributed by atoms with Crippen molar-refractivity contribution >= 4 is 52.3 Å². The van der Waals surface area contributed by atoms with Crippen LogP contribution in [0.25, 0.3) is 5.69 Å². The lowest BCUT2D eigenvalue weighted by atomic mass is 10.2. The van der Waals surface area contributed by atoms with Gasteiger partial charge < -0.3 is 0 Å². The molecule has 0 aliphatic heterocycles. The van der Waals surface area contributed by atoms with E-state index in [1.165, 1.54) is 6.07 Å². The molecule has 0 bridgehead atoms. The summed E-state index contributed by atoms with van der Waals surface area (Å²) in [5, 5.41) is 11.0. The SMILES string of the molecule is N#Cc1nn(-c2c(Cl)cc(C(F)(F)F)cc2Cl)c(SC=O)c1SC(F)(F)F. The number of benzene rings is 1. The molecule has 0 fully saturated rings. The highest BCUT2D eigenvalue weighted by atomic mass is 35.5. The minimum atomic E-state index is -4.81. The summed E-state index contributed by atoms with van der Waals surface area (Å²) in [6.07, 6.45) is -4.77. The van der Waals surface area contributed by atoms with Gasteiger partial charge in [0.1, 0.15) is 16.8 Å². The van der Waals surface area contributed by atoms with Crippen molar-refractivity contribution in [2.24, 2.45) is 0 Å². The summed E-state index contributed by atoms with van der Waals surface area (Å²) in [7, 11) is 0. The Labute approximate surface area is 165 Å². The van der Waals surface area contributed by atoms with Crippen LogP contribution in [0.4, 0.5) is 26.3 Å². The Morgan fingerprint density at radius 1 is 1.15 bits per heavy atom. The van der Waals surface area contributed by atoms with Gasteiger partial charge in [0.2, 0.25) is 0 Å². The molecule has 0 atom stereocenters. The van der Waals surface area contributed by atoms with Crippen molar-refractivity contribution in [3.05, 3.63) is 33.4 Å². The number of hydrogen-bond acceptors (Lipinski definition) is 5. The van der Waals surface area contributed by atoms with Gasteiger partial charge in [-0.15, -0.1) is 0 Å². The lowest BCUT2D eigenvalue weighted by Gasteiger charge is -2.14. The second-order valence-electron chi connectivity index (χ2n) is 4.55. The fourth-order valence-electron chi connectivity index (χ4n) is 1.90. The zero-order valence-corrected chi connectivity index (χ0v) is 15.5. The van der Waals surface area contributed by atoms with Crippen molar-refractivity contribution in [1.82, 2.24) is 9.78 Å². The number of hydrogen-bond donors (Lipinski definition) is 0. The van der Waals surface area contributed by atoms with E-state index in [-0.39, 0.29) is 17.4 Å². The predicted molar refractivity (Wildman–Crippen MR) is 87.8 cm³/mol. The van der Waals surface area contributed by atoms with Crippen LogP contribution in [-0.2, 0) is 11.0 Å². The second kappa shape index (κ2) is 7.83. The number of nitriles is 1. The van der Waals surface area contributed by atoms with Crippen LogP contribution in [0.3, 0.4) is 0 Å². The Morgan fingerprint density at radius 2 is 1.70 bits per heavy atom. The molecule has 1 aromatic carbocycles. The molecule has 1 aromatic heterocycles. The highest BCUT2D eigenvalue weighted by Crippen LogP contribution is 2.45. The van der Waals surface area contributed by atoms with E-state index >= 15 is 0 Å². The van der Waals surface area contributed by atoms with E-state index in [9.17, 15) is 31.1 Å². The Kier molecular flexibility index (Phi) is 6.30. The number of halogens is 8. The first-order valence-corrected chi connectivity index (χ1v) is 8.80. The average molecular weight is 466 g/mol. The second-order valence-corrected chi connectivity index (χ2v) is 7.26. The first-order chi connectivity index (χ1) is 12.4. The van der Waals surface area contributed by atoms with Crippen LogP contribution >= 0.6 is 46.7 Å². The van der Waals surface area contributed by atoms with Crippen LogP contribution in [0, 0.1) is 11.3 Å². The lowest BCUT2D eigenvalue weighted by Crippen LogP contribution is -2.08. The molecule has 4 nitrogen and oxygen atoms in total. The van der Waals surface area contributed by atoms with Crippen molar-refractivity contribution in [1.29, 1.82) is 5.26 Å². The van der Waals surface area contributed by atoms with E-state index < -0.39 is 60.4 Å². The molecule has 2 aromatic rings. The zero-order chi connectivity index (χ0) is 20.6. The molecule has 0 spiro atoms. The molecule has 1 heterocycles. The number of nitrogens with zero attached hydrogens (tertiary/aromatic N) is 3. The number of thioether (sulfide) groups is 2. The van der Waals surface area contributed by atoms with Crippen molar-refractivity contribution < 1.29 is 31.1 Å². The minimum absolute atomic E-state index is 0.168. The van der Waals surface area contributed by atoms with Gasteiger partial charge in [0, 0.05) is 0 Å². The van der Waals surface area contributed by atoms with Crippen molar-refractivity contribution in [3.63, 3.8) is 0 Å². The molecule has 0 unspecified atom stereocenters. The first-order valence-electron chi connectivity index (χ1n) is 6.34. The fraction of sp³-hybridized carbons (Fsp3) is 0.154. The molecule has 27 heavy (non-hydrogen) atoms. The molecule has 0 saturated carbocycles. The third-order valence-corrected chi connectivity index (χ3v) is 5.07. The van der Waals surface area contributed by atoms with Gasteiger partial charge in [0.25, 0.3) is 0 Å². The average Bonchev–Trinajstić information content (AvgIpc) is 2.82. The largest absolute Gasteiger partial charge is 0.446 e. The summed E-state index contributed by atoms with van der Waals surface area (Å²) in [6.45, 7) is 0. The predicted octanol–water partition coefficient (Wildman–Crippen LogP) is 5.96. The molecule has 2 rings (SSSR count). The molecule has 0 amide bonds. The van der Waals surface area contributed by atoms with Gasteiger partial charge >= 0.3 is 11.7 Å². The molecule has 14 heteroatoms. The topological polar surface area (TPSA) is 58.7 Å². The third-order valence-electron chi connectivity index (χ3n) is 2.84.